The number of hydrogen-bond donors (Lipinski definition) is 1. The van der Waals surface area contributed by atoms with E-state index >= 15 is 0 Å². The number of aromatic nitrogens is 5. The summed E-state index contributed by atoms with van der Waals surface area (Å²) < 4.78 is 7.52. The molecule has 1 atom stereocenters. The third-order valence-electron chi connectivity index (χ3n) is 4.51. The monoisotopic (exact) mass is 382 g/mol. The lowest BCUT2D eigenvalue weighted by Gasteiger charge is -2.08. The van der Waals surface area contributed by atoms with Crippen LogP contribution in [0.3, 0.4) is 0 Å². The van der Waals surface area contributed by atoms with Gasteiger partial charge < -0.3 is 9.84 Å². The molecule has 8 heteroatoms. The molecule has 0 spiro atoms. The van der Waals surface area contributed by atoms with Crippen LogP contribution in [0.1, 0.15) is 32.6 Å². The molecule has 140 valence electrons. The summed E-state index contributed by atoms with van der Waals surface area (Å²) in [5.74, 6) is 1.19. The quantitative estimate of drug-likeness (QED) is 0.544. The van der Waals surface area contributed by atoms with Crippen LogP contribution in [0.2, 0.25) is 0 Å². The van der Waals surface area contributed by atoms with Gasteiger partial charge in [-0.3, -0.25) is 0 Å². The molecule has 0 radical (unpaired) electrons. The number of likely N-dealkylation sites (N-methyl/N-ethyl adjacent to an activating group) is 1. The number of fused-ring (bicyclic) bond motifs is 1. The number of nitrogens with zero attached hydrogens (tertiary/aromatic N) is 5. The van der Waals surface area contributed by atoms with Gasteiger partial charge in [0, 0.05) is 18.5 Å². The maximum Gasteiger partial charge on any atom is 0.258 e. The van der Waals surface area contributed by atoms with Crippen LogP contribution in [-0.4, -0.2) is 38.0 Å². The lowest BCUT2D eigenvalue weighted by molar-refractivity contribution is 0.418. The molecule has 27 heavy (non-hydrogen) atoms. The molecule has 4 aromatic heterocycles. The van der Waals surface area contributed by atoms with Gasteiger partial charge in [-0.2, -0.15) is 10.1 Å². The Morgan fingerprint density at radius 2 is 2.11 bits per heavy atom. The minimum absolute atomic E-state index is 0.205. The predicted octanol–water partition coefficient (Wildman–Crippen LogP) is 3.94. The van der Waals surface area contributed by atoms with Crippen LogP contribution >= 0.6 is 11.3 Å². The summed E-state index contributed by atoms with van der Waals surface area (Å²) >= 11 is 1.65. The fraction of sp³-hybridized carbons (Fsp3) is 0.368. The molecule has 0 aliphatic heterocycles. The molecule has 0 aromatic carbocycles. The molecule has 0 bridgehead atoms. The smallest absolute Gasteiger partial charge is 0.258 e. The van der Waals surface area contributed by atoms with Crippen molar-refractivity contribution in [3.8, 4) is 22.0 Å². The van der Waals surface area contributed by atoms with Crippen LogP contribution in [-0.2, 0) is 6.42 Å². The van der Waals surface area contributed by atoms with Gasteiger partial charge in [0.15, 0.2) is 11.5 Å². The predicted molar refractivity (Wildman–Crippen MR) is 107 cm³/mol. The molecule has 0 amide bonds. The van der Waals surface area contributed by atoms with Crippen molar-refractivity contribution in [2.24, 2.45) is 0 Å². The number of hydrogen-bond acceptors (Lipinski definition) is 7. The first-order valence-corrected chi connectivity index (χ1v) is 9.87. The highest BCUT2D eigenvalue weighted by atomic mass is 32.1. The van der Waals surface area contributed by atoms with Crippen molar-refractivity contribution in [2.45, 2.75) is 39.3 Å². The Morgan fingerprint density at radius 3 is 2.81 bits per heavy atom. The lowest BCUT2D eigenvalue weighted by atomic mass is 10.1. The Bertz CT molecular complexity index is 1050. The Labute approximate surface area is 161 Å². The second kappa shape index (κ2) is 7.21. The summed E-state index contributed by atoms with van der Waals surface area (Å²) in [6.07, 6.45) is 2.53. The van der Waals surface area contributed by atoms with Crippen molar-refractivity contribution in [1.29, 1.82) is 0 Å². The summed E-state index contributed by atoms with van der Waals surface area (Å²) in [7, 11) is 1.92. The van der Waals surface area contributed by atoms with Gasteiger partial charge in [0.05, 0.1) is 27.7 Å². The van der Waals surface area contributed by atoms with Gasteiger partial charge in [-0.15, -0.1) is 11.3 Å². The Kier molecular flexibility index (Phi) is 4.75. The van der Waals surface area contributed by atoms with E-state index < -0.39 is 0 Å². The topological polar surface area (TPSA) is 81.7 Å². The highest BCUT2D eigenvalue weighted by molar-refractivity contribution is 7.13. The molecule has 7 nitrogen and oxygen atoms in total. The van der Waals surface area contributed by atoms with Gasteiger partial charge in [0.2, 0.25) is 0 Å². The van der Waals surface area contributed by atoms with Crippen LogP contribution in [0.25, 0.3) is 33.1 Å². The minimum atomic E-state index is 0.205. The zero-order valence-electron chi connectivity index (χ0n) is 15.8. The third kappa shape index (κ3) is 3.38. The zero-order chi connectivity index (χ0) is 19.0. The van der Waals surface area contributed by atoms with Gasteiger partial charge in [0.1, 0.15) is 0 Å². The number of rotatable bonds is 6. The Hall–Kier alpha value is -2.58. The van der Waals surface area contributed by atoms with Gasteiger partial charge in [-0.1, -0.05) is 11.2 Å². The fourth-order valence-electron chi connectivity index (χ4n) is 2.95. The maximum absolute atomic E-state index is 5.60. The largest absolute Gasteiger partial charge is 0.334 e. The molecule has 1 unspecified atom stereocenters. The summed E-state index contributed by atoms with van der Waals surface area (Å²) in [5.41, 5.74) is 2.58. The standard InChI is InChI=1S/C19H22N6OS/c1-11(2)25-18-14(10-21-25)13(9-15(22-18)16-6-5-7-27-16)19-23-17(24-26-19)8-12(3)20-4/h5-7,9-12,20H,8H2,1-4H3. The summed E-state index contributed by atoms with van der Waals surface area (Å²) in [6.45, 7) is 6.27. The van der Waals surface area contributed by atoms with Crippen molar-refractivity contribution in [3.63, 3.8) is 0 Å². The molecule has 4 heterocycles. The first-order valence-electron chi connectivity index (χ1n) is 8.99. The van der Waals surface area contributed by atoms with Crippen molar-refractivity contribution >= 4 is 22.4 Å². The van der Waals surface area contributed by atoms with Gasteiger partial charge >= 0.3 is 0 Å². The average molecular weight is 382 g/mol. The molecule has 0 saturated heterocycles. The highest BCUT2D eigenvalue weighted by Crippen LogP contribution is 2.33. The van der Waals surface area contributed by atoms with E-state index in [2.05, 4.69) is 47.4 Å². The fourth-order valence-corrected chi connectivity index (χ4v) is 3.63. The van der Waals surface area contributed by atoms with Crippen molar-refractivity contribution in [2.75, 3.05) is 7.05 Å². The first-order chi connectivity index (χ1) is 13.1. The minimum Gasteiger partial charge on any atom is -0.334 e. The first kappa shape index (κ1) is 17.8. The van der Waals surface area contributed by atoms with Crippen molar-refractivity contribution < 1.29 is 4.52 Å². The van der Waals surface area contributed by atoms with Gasteiger partial charge in [-0.05, 0) is 45.3 Å². The molecule has 4 aromatic rings. The van der Waals surface area contributed by atoms with Gasteiger partial charge in [-0.25, -0.2) is 9.67 Å². The molecular weight excluding hydrogens is 360 g/mol. The molecule has 0 aliphatic carbocycles. The van der Waals surface area contributed by atoms with E-state index in [-0.39, 0.29) is 12.1 Å². The molecule has 0 aliphatic rings. The number of thiophene rings is 1. The summed E-state index contributed by atoms with van der Waals surface area (Å²) in [5, 5.41) is 14.8. The SMILES string of the molecule is CNC(C)Cc1noc(-c2cc(-c3cccs3)nc3c2cnn3C(C)C)n1. The van der Waals surface area contributed by atoms with E-state index in [1.54, 1.807) is 11.3 Å². The highest BCUT2D eigenvalue weighted by Gasteiger charge is 2.20. The van der Waals surface area contributed by atoms with Crippen LogP contribution in [0, 0.1) is 0 Å². The van der Waals surface area contributed by atoms with E-state index in [0.29, 0.717) is 18.1 Å². The van der Waals surface area contributed by atoms with E-state index in [9.17, 15) is 0 Å². The van der Waals surface area contributed by atoms with E-state index in [1.807, 2.05) is 35.4 Å². The van der Waals surface area contributed by atoms with Gasteiger partial charge in [0.25, 0.3) is 5.89 Å². The molecule has 0 saturated carbocycles. The van der Waals surface area contributed by atoms with E-state index in [1.165, 1.54) is 0 Å². The number of pyridine rings is 1. The molecule has 4 rings (SSSR count). The second-order valence-electron chi connectivity index (χ2n) is 6.86. The Balaban J connectivity index is 1.86. The summed E-state index contributed by atoms with van der Waals surface area (Å²) in [6, 6.07) is 6.58. The zero-order valence-corrected chi connectivity index (χ0v) is 16.6. The Morgan fingerprint density at radius 1 is 1.26 bits per heavy atom. The number of nitrogens with one attached hydrogen (secondary N) is 1. The van der Waals surface area contributed by atoms with Crippen LogP contribution in [0.4, 0.5) is 0 Å². The van der Waals surface area contributed by atoms with Crippen LogP contribution in [0.15, 0.2) is 34.3 Å². The van der Waals surface area contributed by atoms with Crippen molar-refractivity contribution in [1.82, 2.24) is 30.2 Å². The van der Waals surface area contributed by atoms with Crippen LogP contribution in [0.5, 0.6) is 0 Å². The maximum atomic E-state index is 5.60. The lowest BCUT2D eigenvalue weighted by Crippen LogP contribution is -2.24. The van der Waals surface area contributed by atoms with E-state index in [0.717, 1.165) is 27.2 Å². The summed E-state index contributed by atoms with van der Waals surface area (Å²) in [4.78, 5) is 10.6. The molecule has 1 N–H and O–H groups in total. The van der Waals surface area contributed by atoms with Crippen LogP contribution < -0.4 is 5.32 Å². The average Bonchev–Trinajstić information content (AvgIpc) is 3.40. The normalized spacial score (nSPS) is 12.9. The third-order valence-corrected chi connectivity index (χ3v) is 5.40. The second-order valence-corrected chi connectivity index (χ2v) is 7.81. The van der Waals surface area contributed by atoms with E-state index in [4.69, 9.17) is 9.51 Å². The molecule has 0 fully saturated rings. The molecular formula is C19H22N6OS. The van der Waals surface area contributed by atoms with Crippen molar-refractivity contribution in [3.05, 3.63) is 35.6 Å².